The van der Waals surface area contributed by atoms with Crippen molar-refractivity contribution in [2.75, 3.05) is 66.9 Å². The second-order valence-electron chi connectivity index (χ2n) is 9.51. The van der Waals surface area contributed by atoms with Crippen molar-refractivity contribution in [3.8, 4) is 5.75 Å². The smallest absolute Gasteiger partial charge is 0.338 e. The van der Waals surface area contributed by atoms with Crippen LogP contribution in [-0.4, -0.2) is 64.3 Å². The first-order chi connectivity index (χ1) is 19.9. The molecule has 0 radical (unpaired) electrons. The van der Waals surface area contributed by atoms with Gasteiger partial charge in [0.25, 0.3) is 5.91 Å². The fourth-order valence-electron chi connectivity index (χ4n) is 4.68. The maximum absolute atomic E-state index is 13.2. The van der Waals surface area contributed by atoms with E-state index in [0.717, 1.165) is 49.7 Å². The number of nitrogens with one attached hydrogen (secondary N) is 3. The molecule has 0 unspecified atom stereocenters. The average molecular weight is 560 g/mol. The van der Waals surface area contributed by atoms with Gasteiger partial charge in [0.1, 0.15) is 5.75 Å². The van der Waals surface area contributed by atoms with E-state index in [1.807, 2.05) is 31.2 Å². The molecule has 3 aromatic carbocycles. The van der Waals surface area contributed by atoms with Crippen LogP contribution in [-0.2, 0) is 4.74 Å². The average Bonchev–Trinajstić information content (AvgIpc) is 3.00. The maximum atomic E-state index is 13.2. The number of hydrogen-bond donors (Lipinski definition) is 3. The molecule has 10 heteroatoms. The molecule has 10 nitrogen and oxygen atoms in total. The molecular formula is C31H37N5O5. The summed E-state index contributed by atoms with van der Waals surface area (Å²) >= 11 is 0. The van der Waals surface area contributed by atoms with Crippen LogP contribution < -0.4 is 30.5 Å². The molecule has 3 aromatic rings. The molecule has 4 rings (SSSR count). The SMILES string of the molecule is CCCNC(=O)c1cc(NC(=O)Nc2ccc(C(=O)OCC)cc2)ccc1N1CCN(c2ccccc2OC)CC1. The van der Waals surface area contributed by atoms with Gasteiger partial charge in [0, 0.05) is 49.8 Å². The van der Waals surface area contributed by atoms with E-state index in [9.17, 15) is 14.4 Å². The summed E-state index contributed by atoms with van der Waals surface area (Å²) in [5, 5.41) is 8.52. The van der Waals surface area contributed by atoms with Crippen LogP contribution in [0.25, 0.3) is 0 Å². The summed E-state index contributed by atoms with van der Waals surface area (Å²) in [7, 11) is 1.67. The number of carbonyl (C=O) groups excluding carboxylic acids is 3. The molecule has 0 aromatic heterocycles. The number of methoxy groups -OCH3 is 1. The quantitative estimate of drug-likeness (QED) is 0.300. The van der Waals surface area contributed by atoms with Gasteiger partial charge >= 0.3 is 12.0 Å². The Morgan fingerprint density at radius 1 is 0.805 bits per heavy atom. The van der Waals surface area contributed by atoms with E-state index >= 15 is 0 Å². The maximum Gasteiger partial charge on any atom is 0.338 e. The molecular weight excluding hydrogens is 522 g/mol. The molecule has 0 aliphatic carbocycles. The first kappa shape index (κ1) is 29.3. The van der Waals surface area contributed by atoms with Crippen molar-refractivity contribution in [3.63, 3.8) is 0 Å². The zero-order valence-corrected chi connectivity index (χ0v) is 23.7. The molecule has 0 saturated carbocycles. The number of anilines is 4. The van der Waals surface area contributed by atoms with Gasteiger partial charge in [0.05, 0.1) is 30.5 Å². The third kappa shape index (κ3) is 7.47. The number of piperazine rings is 1. The fraction of sp³-hybridized carbons (Fsp3) is 0.323. The van der Waals surface area contributed by atoms with Crippen molar-refractivity contribution >= 4 is 40.7 Å². The molecule has 3 amide bonds. The summed E-state index contributed by atoms with van der Waals surface area (Å²) in [6, 6.07) is 19.3. The van der Waals surface area contributed by atoms with Crippen LogP contribution >= 0.6 is 0 Å². The number of benzene rings is 3. The number of nitrogens with zero attached hydrogens (tertiary/aromatic N) is 2. The van der Waals surface area contributed by atoms with Crippen molar-refractivity contribution in [1.82, 2.24) is 5.32 Å². The third-order valence-electron chi connectivity index (χ3n) is 6.73. The van der Waals surface area contributed by atoms with Gasteiger partial charge in [0.2, 0.25) is 0 Å². The second-order valence-corrected chi connectivity index (χ2v) is 9.51. The normalized spacial score (nSPS) is 12.9. The van der Waals surface area contributed by atoms with Gasteiger partial charge in [0.15, 0.2) is 0 Å². The summed E-state index contributed by atoms with van der Waals surface area (Å²) in [4.78, 5) is 42.2. The topological polar surface area (TPSA) is 112 Å². The Kier molecular flexibility index (Phi) is 10.0. The standard InChI is InChI=1S/C31H37N5O5/c1-4-16-32-29(37)25-21-24(34-31(39)33-23-12-10-22(11-13-23)30(38)41-5-2)14-15-26(25)35-17-19-36(20-18-35)27-8-6-7-9-28(27)40-3/h6-15,21H,4-5,16-20H2,1-3H3,(H,32,37)(H2,33,34,39). The van der Waals surface area contributed by atoms with E-state index in [-0.39, 0.29) is 12.5 Å². The zero-order chi connectivity index (χ0) is 29.2. The van der Waals surface area contributed by atoms with Crippen LogP contribution in [0.5, 0.6) is 5.75 Å². The summed E-state index contributed by atoms with van der Waals surface area (Å²) in [5.41, 5.74) is 3.78. The largest absolute Gasteiger partial charge is 0.495 e. The van der Waals surface area contributed by atoms with Crippen molar-refractivity contribution in [2.45, 2.75) is 20.3 Å². The number of hydrogen-bond acceptors (Lipinski definition) is 7. The first-order valence-corrected chi connectivity index (χ1v) is 13.8. The van der Waals surface area contributed by atoms with E-state index < -0.39 is 12.0 Å². The predicted molar refractivity (Wildman–Crippen MR) is 162 cm³/mol. The highest BCUT2D eigenvalue weighted by Gasteiger charge is 2.24. The van der Waals surface area contributed by atoms with Crippen molar-refractivity contribution in [1.29, 1.82) is 0 Å². The number of para-hydroxylation sites is 2. The lowest BCUT2D eigenvalue weighted by Crippen LogP contribution is -2.47. The summed E-state index contributed by atoms with van der Waals surface area (Å²) in [6.45, 7) is 7.58. The summed E-state index contributed by atoms with van der Waals surface area (Å²) in [6.07, 6.45) is 0.813. The Balaban J connectivity index is 1.45. The number of rotatable bonds is 10. The second kappa shape index (κ2) is 14.1. The number of amides is 3. The van der Waals surface area contributed by atoms with Gasteiger partial charge in [-0.1, -0.05) is 19.1 Å². The molecule has 0 atom stereocenters. The minimum absolute atomic E-state index is 0.187. The van der Waals surface area contributed by atoms with E-state index in [1.54, 1.807) is 50.4 Å². The van der Waals surface area contributed by atoms with Gasteiger partial charge in [-0.25, -0.2) is 9.59 Å². The van der Waals surface area contributed by atoms with Gasteiger partial charge < -0.3 is 35.2 Å². The first-order valence-electron chi connectivity index (χ1n) is 13.8. The molecule has 1 heterocycles. The van der Waals surface area contributed by atoms with Crippen LogP contribution in [0, 0.1) is 0 Å². The molecule has 41 heavy (non-hydrogen) atoms. The highest BCUT2D eigenvalue weighted by Crippen LogP contribution is 2.31. The summed E-state index contributed by atoms with van der Waals surface area (Å²) in [5.74, 6) is 0.232. The minimum Gasteiger partial charge on any atom is -0.495 e. The highest BCUT2D eigenvalue weighted by atomic mass is 16.5. The molecule has 0 bridgehead atoms. The van der Waals surface area contributed by atoms with Gasteiger partial charge in [-0.15, -0.1) is 0 Å². The Bertz CT molecular complexity index is 1350. The van der Waals surface area contributed by atoms with Crippen LogP contribution in [0.4, 0.5) is 27.5 Å². The molecule has 3 N–H and O–H groups in total. The number of urea groups is 1. The van der Waals surface area contributed by atoms with Crippen LogP contribution in [0.3, 0.4) is 0 Å². The lowest BCUT2D eigenvalue weighted by atomic mass is 10.1. The lowest BCUT2D eigenvalue weighted by molar-refractivity contribution is 0.0526. The van der Waals surface area contributed by atoms with Crippen LogP contribution in [0.2, 0.25) is 0 Å². The molecule has 1 aliphatic rings. The predicted octanol–water partition coefficient (Wildman–Crippen LogP) is 4.98. The molecule has 1 saturated heterocycles. The van der Waals surface area contributed by atoms with Crippen LogP contribution in [0.15, 0.2) is 66.7 Å². The number of esters is 1. The Hall–Kier alpha value is -4.73. The van der Waals surface area contributed by atoms with E-state index in [1.165, 1.54) is 0 Å². The van der Waals surface area contributed by atoms with Crippen molar-refractivity contribution in [2.24, 2.45) is 0 Å². The van der Waals surface area contributed by atoms with Gasteiger partial charge in [-0.2, -0.15) is 0 Å². The zero-order valence-electron chi connectivity index (χ0n) is 23.7. The number of carbonyl (C=O) groups is 3. The number of ether oxygens (including phenoxy) is 2. The van der Waals surface area contributed by atoms with Crippen molar-refractivity contribution < 1.29 is 23.9 Å². The van der Waals surface area contributed by atoms with E-state index in [4.69, 9.17) is 9.47 Å². The Morgan fingerprint density at radius 2 is 1.44 bits per heavy atom. The van der Waals surface area contributed by atoms with Gasteiger partial charge in [-0.05, 0) is 67.9 Å². The monoisotopic (exact) mass is 559 g/mol. The molecule has 216 valence electrons. The van der Waals surface area contributed by atoms with Crippen molar-refractivity contribution in [3.05, 3.63) is 77.9 Å². The Labute approximate surface area is 240 Å². The van der Waals surface area contributed by atoms with E-state index in [2.05, 4.69) is 31.8 Å². The molecule has 1 fully saturated rings. The minimum atomic E-state index is -0.466. The van der Waals surface area contributed by atoms with E-state index in [0.29, 0.717) is 29.0 Å². The van der Waals surface area contributed by atoms with Crippen LogP contribution in [0.1, 0.15) is 41.0 Å². The molecule has 0 spiro atoms. The summed E-state index contributed by atoms with van der Waals surface area (Å²) < 4.78 is 10.5. The van der Waals surface area contributed by atoms with Gasteiger partial charge in [-0.3, -0.25) is 4.79 Å². The third-order valence-corrected chi connectivity index (χ3v) is 6.73. The molecule has 1 aliphatic heterocycles. The lowest BCUT2D eigenvalue weighted by Gasteiger charge is -2.38. The fourth-order valence-corrected chi connectivity index (χ4v) is 4.68. The highest BCUT2D eigenvalue weighted by molar-refractivity contribution is 6.04. The Morgan fingerprint density at radius 3 is 2.10 bits per heavy atom.